The molecule has 1 aliphatic carbocycles. The van der Waals surface area contributed by atoms with Crippen molar-refractivity contribution in [1.29, 1.82) is 0 Å². The van der Waals surface area contributed by atoms with E-state index < -0.39 is 0 Å². The van der Waals surface area contributed by atoms with Crippen molar-refractivity contribution in [2.45, 2.75) is 56.8 Å². The van der Waals surface area contributed by atoms with E-state index in [1.807, 2.05) is 0 Å². The maximum atomic E-state index is 6.35. The Hall–Kier alpha value is -0.160. The van der Waals surface area contributed by atoms with Gasteiger partial charge in [0.1, 0.15) is 0 Å². The first-order valence-electron chi connectivity index (χ1n) is 5.51. The Morgan fingerprint density at radius 3 is 2.64 bits per heavy atom. The van der Waals surface area contributed by atoms with Gasteiger partial charge >= 0.3 is 0 Å². The lowest BCUT2D eigenvalue weighted by molar-refractivity contribution is 0.161. The molecule has 0 aromatic rings. The highest BCUT2D eigenvalue weighted by Gasteiger charge is 2.38. The average molecular weight is 200 g/mol. The van der Waals surface area contributed by atoms with Crippen molar-refractivity contribution >= 4 is 0 Å². The third-order valence-corrected chi connectivity index (χ3v) is 3.67. The van der Waals surface area contributed by atoms with Gasteiger partial charge in [-0.15, -0.1) is 0 Å². The zero-order valence-corrected chi connectivity index (χ0v) is 9.08. The van der Waals surface area contributed by atoms with Crippen LogP contribution in [0.1, 0.15) is 39.0 Å². The molecule has 0 spiro atoms. The van der Waals surface area contributed by atoms with Crippen LogP contribution in [0.5, 0.6) is 0 Å². The van der Waals surface area contributed by atoms with Crippen LogP contribution in [0.4, 0.5) is 0 Å². The molecule has 0 radical (unpaired) electrons. The maximum absolute atomic E-state index is 6.35. The SMILES string of the molecule is CC1C(N)CCCC1(N)CCC(N)N. The monoisotopic (exact) mass is 200 g/mol. The molecule has 8 N–H and O–H groups in total. The second-order valence-electron chi connectivity index (χ2n) is 4.78. The summed E-state index contributed by atoms with van der Waals surface area (Å²) in [4.78, 5) is 0. The minimum atomic E-state index is -0.249. The molecule has 0 heterocycles. The Balaban J connectivity index is 2.52. The molecule has 1 fully saturated rings. The Labute approximate surface area is 86.4 Å². The Morgan fingerprint density at radius 1 is 1.43 bits per heavy atom. The number of rotatable bonds is 3. The number of hydrogen-bond acceptors (Lipinski definition) is 4. The van der Waals surface area contributed by atoms with Gasteiger partial charge in [-0.05, 0) is 31.6 Å². The predicted molar refractivity (Wildman–Crippen MR) is 59.3 cm³/mol. The zero-order chi connectivity index (χ0) is 10.8. The lowest BCUT2D eigenvalue weighted by atomic mass is 9.69. The molecule has 1 aliphatic rings. The van der Waals surface area contributed by atoms with Crippen LogP contribution >= 0.6 is 0 Å². The zero-order valence-electron chi connectivity index (χ0n) is 9.08. The fraction of sp³-hybridized carbons (Fsp3) is 1.00. The number of nitrogens with two attached hydrogens (primary N) is 4. The Bertz CT molecular complexity index is 183. The van der Waals surface area contributed by atoms with Gasteiger partial charge in [-0.1, -0.05) is 13.3 Å². The lowest BCUT2D eigenvalue weighted by Crippen LogP contribution is -2.56. The molecule has 0 aliphatic heterocycles. The van der Waals surface area contributed by atoms with E-state index in [-0.39, 0.29) is 17.7 Å². The molecule has 0 aromatic carbocycles. The van der Waals surface area contributed by atoms with Crippen molar-refractivity contribution in [3.05, 3.63) is 0 Å². The summed E-state index contributed by atoms with van der Waals surface area (Å²) in [5, 5.41) is 0. The lowest BCUT2D eigenvalue weighted by Gasteiger charge is -2.43. The molecule has 0 aromatic heterocycles. The van der Waals surface area contributed by atoms with Crippen LogP contribution in [0.2, 0.25) is 0 Å². The highest BCUT2D eigenvalue weighted by molar-refractivity contribution is 4.97. The number of hydrogen-bond donors (Lipinski definition) is 4. The third kappa shape index (κ3) is 2.67. The van der Waals surface area contributed by atoms with Gasteiger partial charge in [0.25, 0.3) is 0 Å². The highest BCUT2D eigenvalue weighted by atomic mass is 14.9. The molecule has 3 unspecified atom stereocenters. The third-order valence-electron chi connectivity index (χ3n) is 3.67. The minimum Gasteiger partial charge on any atom is -0.327 e. The van der Waals surface area contributed by atoms with Crippen molar-refractivity contribution < 1.29 is 0 Å². The first-order chi connectivity index (χ1) is 6.46. The van der Waals surface area contributed by atoms with E-state index in [2.05, 4.69) is 6.92 Å². The molecule has 0 amide bonds. The average Bonchev–Trinajstić information content (AvgIpc) is 2.11. The molecular weight excluding hydrogens is 176 g/mol. The van der Waals surface area contributed by atoms with E-state index >= 15 is 0 Å². The molecular formula is C10H24N4. The van der Waals surface area contributed by atoms with Crippen LogP contribution in [-0.2, 0) is 0 Å². The Kier molecular flexibility index (Phi) is 3.89. The molecule has 84 valence electrons. The van der Waals surface area contributed by atoms with Gasteiger partial charge in [0.2, 0.25) is 0 Å². The first kappa shape index (κ1) is 11.9. The smallest absolute Gasteiger partial charge is 0.0521 e. The van der Waals surface area contributed by atoms with Gasteiger partial charge in [-0.3, -0.25) is 0 Å². The summed E-state index contributed by atoms with van der Waals surface area (Å²) in [5.74, 6) is 0.370. The second kappa shape index (κ2) is 4.57. The fourth-order valence-electron chi connectivity index (χ4n) is 2.36. The predicted octanol–water partition coefficient (Wildman–Crippen LogP) is -0.145. The highest BCUT2D eigenvalue weighted by Crippen LogP contribution is 2.34. The summed E-state index contributed by atoms with van der Waals surface area (Å²) in [6, 6.07) is 0.239. The van der Waals surface area contributed by atoms with Crippen LogP contribution in [0.15, 0.2) is 0 Å². The van der Waals surface area contributed by atoms with E-state index in [0.29, 0.717) is 5.92 Å². The summed E-state index contributed by atoms with van der Waals surface area (Å²) in [5.41, 5.74) is 23.3. The van der Waals surface area contributed by atoms with Gasteiger partial charge in [0.05, 0.1) is 6.17 Å². The van der Waals surface area contributed by atoms with E-state index in [1.165, 1.54) is 0 Å². The molecule has 3 atom stereocenters. The molecule has 1 rings (SSSR count). The standard InChI is InChI=1S/C10H24N4/c1-7-8(11)3-2-5-10(7,14)6-4-9(12)13/h7-9H,2-6,11-14H2,1H3. The van der Waals surface area contributed by atoms with Crippen molar-refractivity contribution in [2.24, 2.45) is 28.9 Å². The molecule has 14 heavy (non-hydrogen) atoms. The molecule has 4 nitrogen and oxygen atoms in total. The maximum Gasteiger partial charge on any atom is 0.0521 e. The second-order valence-corrected chi connectivity index (χ2v) is 4.78. The Morgan fingerprint density at radius 2 is 2.07 bits per heavy atom. The van der Waals surface area contributed by atoms with Gasteiger partial charge in [0, 0.05) is 11.6 Å². The normalized spacial score (nSPS) is 39.0. The quantitative estimate of drug-likeness (QED) is 0.476. The van der Waals surface area contributed by atoms with Crippen LogP contribution in [0.25, 0.3) is 0 Å². The first-order valence-corrected chi connectivity index (χ1v) is 5.51. The van der Waals surface area contributed by atoms with E-state index in [4.69, 9.17) is 22.9 Å². The van der Waals surface area contributed by atoms with Crippen LogP contribution in [0.3, 0.4) is 0 Å². The summed E-state index contributed by atoms with van der Waals surface area (Å²) in [6.45, 7) is 2.14. The van der Waals surface area contributed by atoms with E-state index in [0.717, 1.165) is 32.1 Å². The van der Waals surface area contributed by atoms with Gasteiger partial charge in [-0.2, -0.15) is 0 Å². The van der Waals surface area contributed by atoms with Crippen LogP contribution < -0.4 is 22.9 Å². The summed E-state index contributed by atoms with van der Waals surface area (Å²) in [6.07, 6.45) is 4.69. The van der Waals surface area contributed by atoms with Gasteiger partial charge in [0.15, 0.2) is 0 Å². The minimum absolute atomic E-state index is 0.144. The summed E-state index contributed by atoms with van der Waals surface area (Å²) < 4.78 is 0. The molecule has 0 saturated heterocycles. The largest absolute Gasteiger partial charge is 0.327 e. The van der Waals surface area contributed by atoms with Crippen molar-refractivity contribution in [2.75, 3.05) is 0 Å². The molecule has 1 saturated carbocycles. The summed E-state index contributed by atoms with van der Waals surface area (Å²) >= 11 is 0. The van der Waals surface area contributed by atoms with E-state index in [9.17, 15) is 0 Å². The van der Waals surface area contributed by atoms with Crippen molar-refractivity contribution in [3.8, 4) is 0 Å². The van der Waals surface area contributed by atoms with Crippen LogP contribution in [0, 0.1) is 5.92 Å². The van der Waals surface area contributed by atoms with Crippen LogP contribution in [-0.4, -0.2) is 17.7 Å². The molecule has 0 bridgehead atoms. The summed E-state index contributed by atoms with van der Waals surface area (Å²) in [7, 11) is 0. The topological polar surface area (TPSA) is 104 Å². The van der Waals surface area contributed by atoms with E-state index in [1.54, 1.807) is 0 Å². The van der Waals surface area contributed by atoms with Gasteiger partial charge < -0.3 is 22.9 Å². The van der Waals surface area contributed by atoms with Crippen molar-refractivity contribution in [3.63, 3.8) is 0 Å². The van der Waals surface area contributed by atoms with Gasteiger partial charge in [-0.25, -0.2) is 0 Å². The van der Waals surface area contributed by atoms with Crippen molar-refractivity contribution in [1.82, 2.24) is 0 Å². The fourth-order valence-corrected chi connectivity index (χ4v) is 2.36. The molecule has 4 heteroatoms.